The van der Waals surface area contributed by atoms with Gasteiger partial charge in [0.05, 0.1) is 11.5 Å². The highest BCUT2D eigenvalue weighted by Gasteiger charge is 2.41. The highest BCUT2D eigenvalue weighted by atomic mass is 32.2. The summed E-state index contributed by atoms with van der Waals surface area (Å²) < 4.78 is 29.2. The highest BCUT2D eigenvalue weighted by Crippen LogP contribution is 2.29. The van der Waals surface area contributed by atoms with E-state index < -0.39 is 9.84 Å². The maximum absolute atomic E-state index is 11.9. The van der Waals surface area contributed by atoms with Crippen LogP contribution in [0.5, 0.6) is 0 Å². The first-order chi connectivity index (χ1) is 8.97. The Balaban J connectivity index is 2.02. The molecule has 0 bridgehead atoms. The van der Waals surface area contributed by atoms with Crippen molar-refractivity contribution in [3.05, 3.63) is 0 Å². The number of rotatable bonds is 4. The lowest BCUT2D eigenvalue weighted by Crippen LogP contribution is -2.59. The van der Waals surface area contributed by atoms with Gasteiger partial charge in [0.25, 0.3) is 0 Å². The molecule has 0 saturated carbocycles. The van der Waals surface area contributed by atoms with E-state index in [-0.39, 0.29) is 11.3 Å². The standard InChI is InChI=1S/C13H26N2O3S/c1-15(9-12-3-6-18-7-4-12)13(10-14)5-2-8-19(16,17)11-13/h12H,2-11,14H2,1H3. The van der Waals surface area contributed by atoms with E-state index in [1.807, 2.05) is 7.05 Å². The molecule has 0 aromatic carbocycles. The first-order valence-electron chi connectivity index (χ1n) is 7.17. The topological polar surface area (TPSA) is 72.6 Å². The number of likely N-dealkylation sites (N-methyl/N-ethyl adjacent to an activating group) is 1. The van der Waals surface area contributed by atoms with E-state index in [0.717, 1.165) is 45.4 Å². The fourth-order valence-electron chi connectivity index (χ4n) is 3.30. The monoisotopic (exact) mass is 290 g/mol. The van der Waals surface area contributed by atoms with Gasteiger partial charge in [-0.2, -0.15) is 0 Å². The predicted molar refractivity (Wildman–Crippen MR) is 75.8 cm³/mol. The average molecular weight is 290 g/mol. The third-order valence-corrected chi connectivity index (χ3v) is 6.54. The van der Waals surface area contributed by atoms with E-state index in [1.165, 1.54) is 0 Å². The van der Waals surface area contributed by atoms with Crippen LogP contribution in [0, 0.1) is 5.92 Å². The lowest BCUT2D eigenvalue weighted by Gasteiger charge is -2.45. The molecule has 0 aromatic rings. The summed E-state index contributed by atoms with van der Waals surface area (Å²) in [6.07, 6.45) is 3.76. The van der Waals surface area contributed by atoms with Gasteiger partial charge in [-0.25, -0.2) is 8.42 Å². The summed E-state index contributed by atoms with van der Waals surface area (Å²) in [4.78, 5) is 2.21. The molecule has 0 aromatic heterocycles. The van der Waals surface area contributed by atoms with Crippen molar-refractivity contribution >= 4 is 9.84 Å². The molecule has 112 valence electrons. The highest BCUT2D eigenvalue weighted by molar-refractivity contribution is 7.91. The Labute approximate surface area is 116 Å². The Morgan fingerprint density at radius 3 is 2.63 bits per heavy atom. The van der Waals surface area contributed by atoms with E-state index in [9.17, 15) is 8.42 Å². The minimum absolute atomic E-state index is 0.218. The molecule has 2 N–H and O–H groups in total. The SMILES string of the molecule is CN(CC1CCOCC1)C1(CN)CCCS(=O)(=O)C1. The van der Waals surface area contributed by atoms with Crippen LogP contribution in [0.3, 0.4) is 0 Å². The Bertz CT molecular complexity index is 393. The van der Waals surface area contributed by atoms with Gasteiger partial charge in [-0.3, -0.25) is 4.90 Å². The van der Waals surface area contributed by atoms with Gasteiger partial charge < -0.3 is 10.5 Å². The van der Waals surface area contributed by atoms with Crippen LogP contribution in [-0.2, 0) is 14.6 Å². The number of hydrogen-bond acceptors (Lipinski definition) is 5. The molecule has 2 saturated heterocycles. The molecular weight excluding hydrogens is 264 g/mol. The fourth-order valence-corrected chi connectivity index (χ4v) is 5.33. The van der Waals surface area contributed by atoms with E-state index in [4.69, 9.17) is 10.5 Å². The average Bonchev–Trinajstić information content (AvgIpc) is 2.38. The quantitative estimate of drug-likeness (QED) is 0.803. The predicted octanol–water partition coefficient (Wildman–Crippen LogP) is 0.251. The molecule has 2 heterocycles. The van der Waals surface area contributed by atoms with Gasteiger partial charge in [0, 0.05) is 31.8 Å². The first kappa shape index (κ1) is 15.2. The second-order valence-corrected chi connectivity index (χ2v) is 8.24. The number of nitrogens with two attached hydrogens (primary N) is 1. The Morgan fingerprint density at radius 1 is 1.37 bits per heavy atom. The van der Waals surface area contributed by atoms with Crippen LogP contribution in [-0.4, -0.2) is 63.7 Å². The van der Waals surface area contributed by atoms with Crippen molar-refractivity contribution in [2.45, 2.75) is 31.2 Å². The van der Waals surface area contributed by atoms with Crippen LogP contribution < -0.4 is 5.73 Å². The molecule has 19 heavy (non-hydrogen) atoms. The molecule has 2 fully saturated rings. The molecule has 0 amide bonds. The van der Waals surface area contributed by atoms with Gasteiger partial charge in [0.15, 0.2) is 9.84 Å². The van der Waals surface area contributed by atoms with Crippen LogP contribution >= 0.6 is 0 Å². The normalized spacial score (nSPS) is 32.6. The molecule has 2 aliphatic rings. The third-order valence-electron chi connectivity index (χ3n) is 4.65. The molecule has 0 aliphatic carbocycles. The Morgan fingerprint density at radius 2 is 2.05 bits per heavy atom. The van der Waals surface area contributed by atoms with Crippen LogP contribution in [0.25, 0.3) is 0 Å². The Hall–Kier alpha value is -0.170. The second-order valence-electron chi connectivity index (χ2n) is 6.06. The second kappa shape index (κ2) is 6.08. The number of sulfone groups is 1. The molecular formula is C13H26N2O3S. The van der Waals surface area contributed by atoms with Crippen LogP contribution in [0.4, 0.5) is 0 Å². The van der Waals surface area contributed by atoms with Crippen LogP contribution in [0.15, 0.2) is 0 Å². The van der Waals surface area contributed by atoms with E-state index in [0.29, 0.717) is 18.2 Å². The third kappa shape index (κ3) is 3.68. The summed E-state index contributed by atoms with van der Waals surface area (Å²) in [5.74, 6) is 1.14. The number of ether oxygens (including phenoxy) is 1. The first-order valence-corrected chi connectivity index (χ1v) is 8.99. The molecule has 0 spiro atoms. The van der Waals surface area contributed by atoms with Gasteiger partial charge in [0.1, 0.15) is 0 Å². The summed E-state index contributed by atoms with van der Waals surface area (Å²) in [5.41, 5.74) is 5.58. The Kier molecular flexibility index (Phi) is 4.87. The van der Waals surface area contributed by atoms with Gasteiger partial charge >= 0.3 is 0 Å². The molecule has 0 radical (unpaired) electrons. The van der Waals surface area contributed by atoms with Crippen LogP contribution in [0.2, 0.25) is 0 Å². The van der Waals surface area contributed by atoms with Crippen molar-refractivity contribution in [2.24, 2.45) is 11.7 Å². The van der Waals surface area contributed by atoms with Crippen LogP contribution in [0.1, 0.15) is 25.7 Å². The summed E-state index contributed by atoms with van der Waals surface area (Å²) in [5, 5.41) is 0. The molecule has 1 unspecified atom stereocenters. The zero-order valence-corrected chi connectivity index (χ0v) is 12.6. The zero-order valence-electron chi connectivity index (χ0n) is 11.8. The van der Waals surface area contributed by atoms with Crippen molar-refractivity contribution in [3.8, 4) is 0 Å². The van der Waals surface area contributed by atoms with Gasteiger partial charge in [0.2, 0.25) is 0 Å². The van der Waals surface area contributed by atoms with Gasteiger partial charge in [-0.05, 0) is 38.6 Å². The lowest BCUT2D eigenvalue weighted by atomic mass is 9.91. The maximum Gasteiger partial charge on any atom is 0.152 e. The molecule has 2 aliphatic heterocycles. The molecule has 2 rings (SSSR count). The van der Waals surface area contributed by atoms with Crippen molar-refractivity contribution in [2.75, 3.05) is 44.9 Å². The minimum Gasteiger partial charge on any atom is -0.381 e. The summed E-state index contributed by atoms with van der Waals surface area (Å²) in [7, 11) is -0.904. The van der Waals surface area contributed by atoms with Crippen molar-refractivity contribution in [3.63, 3.8) is 0 Å². The fraction of sp³-hybridized carbons (Fsp3) is 1.00. The molecule has 1 atom stereocenters. The van der Waals surface area contributed by atoms with E-state index >= 15 is 0 Å². The van der Waals surface area contributed by atoms with Gasteiger partial charge in [-0.15, -0.1) is 0 Å². The van der Waals surface area contributed by atoms with Crippen molar-refractivity contribution in [1.29, 1.82) is 0 Å². The number of hydrogen-bond donors (Lipinski definition) is 1. The summed E-state index contributed by atoms with van der Waals surface area (Å²) in [6, 6.07) is 0. The van der Waals surface area contributed by atoms with E-state index in [2.05, 4.69) is 4.90 Å². The lowest BCUT2D eigenvalue weighted by molar-refractivity contribution is 0.0359. The largest absolute Gasteiger partial charge is 0.381 e. The van der Waals surface area contributed by atoms with E-state index in [1.54, 1.807) is 0 Å². The molecule has 5 nitrogen and oxygen atoms in total. The van der Waals surface area contributed by atoms with Gasteiger partial charge in [-0.1, -0.05) is 0 Å². The minimum atomic E-state index is -2.93. The number of nitrogens with zero attached hydrogens (tertiary/aromatic N) is 1. The summed E-state index contributed by atoms with van der Waals surface area (Å²) in [6.45, 7) is 3.00. The van der Waals surface area contributed by atoms with Crippen molar-refractivity contribution < 1.29 is 13.2 Å². The molecule has 6 heteroatoms. The maximum atomic E-state index is 11.9. The smallest absolute Gasteiger partial charge is 0.152 e. The zero-order chi connectivity index (χ0) is 13.9. The van der Waals surface area contributed by atoms with Crippen molar-refractivity contribution in [1.82, 2.24) is 4.90 Å². The summed E-state index contributed by atoms with van der Waals surface area (Å²) >= 11 is 0.